The smallest absolute Gasteiger partial charge is 0.00730 e. The third kappa shape index (κ3) is 1.52. The van der Waals surface area contributed by atoms with Crippen LogP contribution in [0.25, 0.3) is 0 Å². The highest BCUT2D eigenvalue weighted by atomic mass is 15.0. The molecule has 1 N–H and O–H groups in total. The fourth-order valence-electron chi connectivity index (χ4n) is 2.76. The fourth-order valence-corrected chi connectivity index (χ4v) is 2.76. The largest absolute Gasteiger partial charge is 0.311 e. The van der Waals surface area contributed by atoms with Gasteiger partial charge in [0, 0.05) is 12.1 Å². The molecule has 0 aromatic carbocycles. The van der Waals surface area contributed by atoms with Crippen LogP contribution in [0.15, 0.2) is 0 Å². The van der Waals surface area contributed by atoms with Gasteiger partial charge in [0.1, 0.15) is 0 Å². The van der Waals surface area contributed by atoms with Gasteiger partial charge in [-0.3, -0.25) is 0 Å². The van der Waals surface area contributed by atoms with Gasteiger partial charge in [0.05, 0.1) is 0 Å². The molecule has 2 unspecified atom stereocenters. The first kappa shape index (κ1) is 8.55. The van der Waals surface area contributed by atoms with E-state index in [4.69, 9.17) is 0 Å². The van der Waals surface area contributed by atoms with Crippen LogP contribution in [0.3, 0.4) is 0 Å². The van der Waals surface area contributed by atoms with Crippen molar-refractivity contribution in [1.29, 1.82) is 0 Å². The van der Waals surface area contributed by atoms with Crippen molar-refractivity contribution in [3.05, 3.63) is 0 Å². The van der Waals surface area contributed by atoms with Crippen LogP contribution < -0.4 is 5.32 Å². The maximum atomic E-state index is 3.69. The summed E-state index contributed by atoms with van der Waals surface area (Å²) in [6.07, 6.45) is 5.69. The third-order valence-electron chi connectivity index (χ3n) is 3.70. The molecule has 0 aliphatic carbocycles. The lowest BCUT2D eigenvalue weighted by Gasteiger charge is -2.37. The Morgan fingerprint density at radius 2 is 1.50 bits per heavy atom. The molecule has 2 atom stereocenters. The first-order chi connectivity index (χ1) is 5.55. The summed E-state index contributed by atoms with van der Waals surface area (Å²) in [4.78, 5) is 0. The summed E-state index contributed by atoms with van der Waals surface area (Å²) in [7, 11) is 0. The maximum Gasteiger partial charge on any atom is 0.00730 e. The van der Waals surface area contributed by atoms with Crippen molar-refractivity contribution in [3.63, 3.8) is 0 Å². The molecular weight excluding hydrogens is 146 g/mol. The van der Waals surface area contributed by atoms with E-state index in [-0.39, 0.29) is 0 Å². The molecule has 2 fully saturated rings. The van der Waals surface area contributed by atoms with Gasteiger partial charge in [-0.2, -0.15) is 0 Å². The number of nitrogens with one attached hydrogen (secondary N) is 1. The van der Waals surface area contributed by atoms with E-state index in [0.717, 1.165) is 18.0 Å². The van der Waals surface area contributed by atoms with E-state index in [0.29, 0.717) is 5.41 Å². The van der Waals surface area contributed by atoms with Crippen LogP contribution in [0.5, 0.6) is 0 Å². The van der Waals surface area contributed by atoms with E-state index < -0.39 is 0 Å². The van der Waals surface area contributed by atoms with E-state index in [2.05, 4.69) is 26.1 Å². The van der Waals surface area contributed by atoms with Crippen LogP contribution >= 0.6 is 0 Å². The molecule has 0 radical (unpaired) electrons. The highest BCUT2D eigenvalue weighted by Gasteiger charge is 2.38. The average molecular weight is 167 g/mol. The standard InChI is InChI=1S/C11H21N/c1-11(2,3)8-6-9-4-5-10(7-8)12-9/h8-10,12H,4-7H2,1-3H3. The monoisotopic (exact) mass is 167 g/mol. The van der Waals surface area contributed by atoms with Gasteiger partial charge in [0.2, 0.25) is 0 Å². The van der Waals surface area contributed by atoms with Crippen molar-refractivity contribution in [3.8, 4) is 0 Å². The Hall–Kier alpha value is -0.0400. The minimum Gasteiger partial charge on any atom is -0.311 e. The van der Waals surface area contributed by atoms with E-state index in [1.807, 2.05) is 0 Å². The molecule has 0 aromatic rings. The molecule has 12 heavy (non-hydrogen) atoms. The topological polar surface area (TPSA) is 12.0 Å². The van der Waals surface area contributed by atoms with E-state index >= 15 is 0 Å². The maximum absolute atomic E-state index is 3.69. The van der Waals surface area contributed by atoms with Gasteiger partial charge >= 0.3 is 0 Å². The molecule has 0 spiro atoms. The van der Waals surface area contributed by atoms with Crippen molar-refractivity contribution in [1.82, 2.24) is 5.32 Å². The zero-order chi connectivity index (χ0) is 8.77. The molecule has 0 aromatic heterocycles. The van der Waals surface area contributed by atoms with Gasteiger partial charge < -0.3 is 5.32 Å². The van der Waals surface area contributed by atoms with Crippen molar-refractivity contribution in [2.75, 3.05) is 0 Å². The Morgan fingerprint density at radius 1 is 1.00 bits per heavy atom. The Bertz CT molecular complexity index is 156. The normalized spacial score (nSPS) is 41.8. The van der Waals surface area contributed by atoms with E-state index in [1.54, 1.807) is 0 Å². The quantitative estimate of drug-likeness (QED) is 0.584. The molecule has 1 nitrogen and oxygen atoms in total. The molecule has 2 bridgehead atoms. The number of rotatable bonds is 0. The second-order valence-corrected chi connectivity index (χ2v) is 5.67. The van der Waals surface area contributed by atoms with Crippen molar-refractivity contribution >= 4 is 0 Å². The molecule has 0 saturated carbocycles. The number of hydrogen-bond donors (Lipinski definition) is 1. The fraction of sp³-hybridized carbons (Fsp3) is 1.00. The van der Waals surface area contributed by atoms with Crippen LogP contribution in [0.2, 0.25) is 0 Å². The zero-order valence-electron chi connectivity index (χ0n) is 8.56. The SMILES string of the molecule is CC(C)(C)C1CC2CCC(C1)N2. The Labute approximate surface area is 75.9 Å². The lowest BCUT2D eigenvalue weighted by atomic mass is 9.73. The van der Waals surface area contributed by atoms with Gasteiger partial charge in [-0.15, -0.1) is 0 Å². The van der Waals surface area contributed by atoms with Gasteiger partial charge in [-0.1, -0.05) is 20.8 Å². The second-order valence-electron chi connectivity index (χ2n) is 5.67. The molecule has 2 saturated heterocycles. The highest BCUT2D eigenvalue weighted by molar-refractivity contribution is 4.95. The summed E-state index contributed by atoms with van der Waals surface area (Å²) < 4.78 is 0. The summed E-state index contributed by atoms with van der Waals surface area (Å²) >= 11 is 0. The van der Waals surface area contributed by atoms with Crippen LogP contribution in [0.1, 0.15) is 46.5 Å². The molecule has 0 amide bonds. The first-order valence-electron chi connectivity index (χ1n) is 5.32. The van der Waals surface area contributed by atoms with Crippen LogP contribution in [-0.2, 0) is 0 Å². The molecule has 2 heterocycles. The summed E-state index contributed by atoms with van der Waals surface area (Å²) in [6.45, 7) is 7.17. The third-order valence-corrected chi connectivity index (χ3v) is 3.70. The first-order valence-corrected chi connectivity index (χ1v) is 5.32. The second kappa shape index (κ2) is 2.73. The molecular formula is C11H21N. The summed E-state index contributed by atoms with van der Waals surface area (Å²) in [5, 5.41) is 3.69. The average Bonchev–Trinajstić information content (AvgIpc) is 2.28. The Balaban J connectivity index is 2.03. The van der Waals surface area contributed by atoms with Gasteiger partial charge in [0.25, 0.3) is 0 Å². The summed E-state index contributed by atoms with van der Waals surface area (Å²) in [6, 6.07) is 1.71. The molecule has 2 aliphatic rings. The number of fused-ring (bicyclic) bond motifs is 2. The van der Waals surface area contributed by atoms with Crippen molar-refractivity contribution in [2.45, 2.75) is 58.5 Å². The van der Waals surface area contributed by atoms with Gasteiger partial charge in [-0.25, -0.2) is 0 Å². The predicted molar refractivity (Wildman–Crippen MR) is 52.1 cm³/mol. The highest BCUT2D eigenvalue weighted by Crippen LogP contribution is 2.40. The minimum atomic E-state index is 0.531. The van der Waals surface area contributed by atoms with E-state index in [9.17, 15) is 0 Å². The molecule has 2 aliphatic heterocycles. The van der Waals surface area contributed by atoms with Gasteiger partial charge in [-0.05, 0) is 37.0 Å². The molecule has 2 rings (SSSR count). The Kier molecular flexibility index (Phi) is 1.95. The van der Waals surface area contributed by atoms with Crippen LogP contribution in [0.4, 0.5) is 0 Å². The lowest BCUT2D eigenvalue weighted by molar-refractivity contribution is 0.158. The number of piperidine rings is 1. The minimum absolute atomic E-state index is 0.531. The molecule has 1 heteroatoms. The number of hydrogen-bond acceptors (Lipinski definition) is 1. The van der Waals surface area contributed by atoms with Crippen LogP contribution in [0, 0.1) is 11.3 Å². The lowest BCUT2D eigenvalue weighted by Crippen LogP contribution is -2.41. The summed E-state index contributed by atoms with van der Waals surface area (Å²) in [5.41, 5.74) is 0.531. The predicted octanol–water partition coefficient (Wildman–Crippen LogP) is 2.56. The summed E-state index contributed by atoms with van der Waals surface area (Å²) in [5.74, 6) is 0.955. The Morgan fingerprint density at radius 3 is 1.92 bits per heavy atom. The van der Waals surface area contributed by atoms with Crippen molar-refractivity contribution < 1.29 is 0 Å². The zero-order valence-corrected chi connectivity index (χ0v) is 8.56. The van der Waals surface area contributed by atoms with E-state index in [1.165, 1.54) is 25.7 Å². The van der Waals surface area contributed by atoms with Gasteiger partial charge in [0.15, 0.2) is 0 Å². The van der Waals surface area contributed by atoms with Crippen molar-refractivity contribution in [2.24, 2.45) is 11.3 Å². The molecule has 70 valence electrons. The van der Waals surface area contributed by atoms with Crippen LogP contribution in [-0.4, -0.2) is 12.1 Å².